The highest BCUT2D eigenvalue weighted by Gasteiger charge is 2.25. The second kappa shape index (κ2) is 7.44. The molecule has 124 valence electrons. The van der Waals surface area contributed by atoms with E-state index >= 15 is 0 Å². The number of amides is 1. The second-order valence-electron chi connectivity index (χ2n) is 5.96. The van der Waals surface area contributed by atoms with Gasteiger partial charge in [-0.3, -0.25) is 9.48 Å². The third-order valence-corrected chi connectivity index (χ3v) is 4.33. The van der Waals surface area contributed by atoms with Gasteiger partial charge in [-0.15, -0.1) is 0 Å². The number of ether oxygens (including phenoxy) is 1. The number of aromatic nitrogens is 2. The maximum Gasteiger partial charge on any atom is 0.224 e. The number of carbonyl (C=O) groups is 1. The first-order valence-electron chi connectivity index (χ1n) is 7.70. The Morgan fingerprint density at radius 2 is 2.05 bits per heavy atom. The van der Waals surface area contributed by atoms with Crippen molar-refractivity contribution in [2.45, 2.75) is 45.9 Å². The summed E-state index contributed by atoms with van der Waals surface area (Å²) < 4.78 is 7.31. The highest BCUT2D eigenvalue weighted by atomic mass is 35.5. The van der Waals surface area contributed by atoms with E-state index < -0.39 is 0 Å². The number of hydrogen-bond acceptors (Lipinski definition) is 4. The molecule has 1 aliphatic heterocycles. The van der Waals surface area contributed by atoms with Crippen molar-refractivity contribution in [3.63, 3.8) is 0 Å². The summed E-state index contributed by atoms with van der Waals surface area (Å²) >= 11 is 6.18. The molecule has 1 amide bonds. The zero-order valence-corrected chi connectivity index (χ0v) is 14.5. The van der Waals surface area contributed by atoms with Gasteiger partial charge >= 0.3 is 0 Å². The summed E-state index contributed by atoms with van der Waals surface area (Å²) in [6.45, 7) is 8.55. The van der Waals surface area contributed by atoms with Crippen LogP contribution in [0.25, 0.3) is 0 Å². The molecule has 1 saturated heterocycles. The van der Waals surface area contributed by atoms with Crippen molar-refractivity contribution in [3.05, 3.63) is 16.4 Å². The van der Waals surface area contributed by atoms with E-state index in [9.17, 15) is 4.79 Å². The Labute approximate surface area is 136 Å². The second-order valence-corrected chi connectivity index (χ2v) is 6.32. The van der Waals surface area contributed by atoms with Crippen molar-refractivity contribution in [1.82, 2.24) is 20.0 Å². The summed E-state index contributed by atoms with van der Waals surface area (Å²) in [7, 11) is 1.82. The van der Waals surface area contributed by atoms with E-state index in [0.29, 0.717) is 37.8 Å². The molecule has 1 N–H and O–H groups in total. The minimum absolute atomic E-state index is 0.109. The van der Waals surface area contributed by atoms with Crippen LogP contribution >= 0.6 is 11.6 Å². The fourth-order valence-corrected chi connectivity index (χ4v) is 3.06. The molecule has 1 aromatic heterocycles. The molecule has 0 saturated carbocycles. The lowest BCUT2D eigenvalue weighted by Crippen LogP contribution is -2.48. The Hall–Kier alpha value is -1.11. The van der Waals surface area contributed by atoms with Gasteiger partial charge < -0.3 is 15.0 Å². The van der Waals surface area contributed by atoms with Crippen molar-refractivity contribution in [2.75, 3.05) is 19.6 Å². The van der Waals surface area contributed by atoms with Crippen molar-refractivity contribution in [2.24, 2.45) is 7.05 Å². The molecule has 6 nitrogen and oxygen atoms in total. The van der Waals surface area contributed by atoms with Crippen molar-refractivity contribution in [3.8, 4) is 0 Å². The first-order valence-corrected chi connectivity index (χ1v) is 8.08. The van der Waals surface area contributed by atoms with E-state index in [1.54, 1.807) is 4.68 Å². The van der Waals surface area contributed by atoms with Crippen LogP contribution in [0.2, 0.25) is 5.15 Å². The minimum Gasteiger partial charge on any atom is -0.372 e. The van der Waals surface area contributed by atoms with Crippen LogP contribution < -0.4 is 5.32 Å². The molecule has 2 rings (SSSR count). The molecular formula is C15H25ClN4O2. The Bertz CT molecular complexity index is 522. The normalized spacial score (nSPS) is 22.1. The van der Waals surface area contributed by atoms with E-state index in [1.165, 1.54) is 0 Å². The standard InChI is InChI=1S/C15H25ClN4O2/c1-10-8-20(9-11(2)22-10)14(21)5-6-17-7-13-12(3)18-19(4)15(13)16/h10-11,17H,5-9H2,1-4H3/t10-,11-/m0/s1. The van der Waals surface area contributed by atoms with E-state index in [4.69, 9.17) is 16.3 Å². The molecule has 0 radical (unpaired) electrons. The summed E-state index contributed by atoms with van der Waals surface area (Å²) in [5.41, 5.74) is 1.91. The third kappa shape index (κ3) is 4.21. The van der Waals surface area contributed by atoms with E-state index in [2.05, 4.69) is 10.4 Å². The Morgan fingerprint density at radius 3 is 2.59 bits per heavy atom. The van der Waals surface area contributed by atoms with Crippen LogP contribution in [-0.4, -0.2) is 52.4 Å². The number of nitrogens with zero attached hydrogens (tertiary/aromatic N) is 3. The number of morpholine rings is 1. The summed E-state index contributed by atoms with van der Waals surface area (Å²) in [5, 5.41) is 8.19. The molecule has 2 atom stereocenters. The topological polar surface area (TPSA) is 59.4 Å². The van der Waals surface area contributed by atoms with E-state index in [-0.39, 0.29) is 18.1 Å². The molecule has 1 aliphatic rings. The molecule has 7 heteroatoms. The maximum atomic E-state index is 12.2. The third-order valence-electron chi connectivity index (χ3n) is 3.86. The van der Waals surface area contributed by atoms with Crippen molar-refractivity contribution in [1.29, 1.82) is 0 Å². The number of aryl methyl sites for hydroxylation is 2. The van der Waals surface area contributed by atoms with Crippen LogP contribution in [0.4, 0.5) is 0 Å². The van der Waals surface area contributed by atoms with Crippen LogP contribution in [-0.2, 0) is 23.1 Å². The fourth-order valence-electron chi connectivity index (χ4n) is 2.82. The first kappa shape index (κ1) is 17.2. The molecule has 0 aromatic carbocycles. The summed E-state index contributed by atoms with van der Waals surface area (Å²) in [6, 6.07) is 0. The molecule has 1 aromatic rings. The van der Waals surface area contributed by atoms with Gasteiger partial charge in [0.25, 0.3) is 0 Å². The zero-order chi connectivity index (χ0) is 16.3. The lowest BCUT2D eigenvalue weighted by Gasteiger charge is -2.35. The number of nitrogens with one attached hydrogen (secondary N) is 1. The summed E-state index contributed by atoms with van der Waals surface area (Å²) in [5.74, 6) is 0.170. The van der Waals surface area contributed by atoms with Gasteiger partial charge in [-0.2, -0.15) is 5.10 Å². The van der Waals surface area contributed by atoms with E-state index in [0.717, 1.165) is 11.3 Å². The Morgan fingerprint density at radius 1 is 1.41 bits per heavy atom. The fraction of sp³-hybridized carbons (Fsp3) is 0.733. The van der Waals surface area contributed by atoms with Gasteiger partial charge in [0, 0.05) is 45.2 Å². The largest absolute Gasteiger partial charge is 0.372 e. The van der Waals surface area contributed by atoms with Crippen LogP contribution in [0, 0.1) is 6.92 Å². The molecule has 0 bridgehead atoms. The van der Waals surface area contributed by atoms with Crippen molar-refractivity contribution < 1.29 is 9.53 Å². The number of halogens is 1. The van der Waals surface area contributed by atoms with Crippen LogP contribution in [0.1, 0.15) is 31.5 Å². The van der Waals surface area contributed by atoms with E-state index in [1.807, 2.05) is 32.7 Å². The highest BCUT2D eigenvalue weighted by Crippen LogP contribution is 2.18. The average molecular weight is 329 g/mol. The molecule has 0 unspecified atom stereocenters. The van der Waals surface area contributed by atoms with Gasteiger partial charge in [-0.1, -0.05) is 11.6 Å². The first-order chi connectivity index (χ1) is 10.4. The maximum absolute atomic E-state index is 12.2. The Balaban J connectivity index is 1.75. The van der Waals surface area contributed by atoms with Gasteiger partial charge in [-0.25, -0.2) is 0 Å². The molecule has 22 heavy (non-hydrogen) atoms. The Kier molecular flexibility index (Phi) is 5.83. The molecule has 0 aliphatic carbocycles. The van der Waals surface area contributed by atoms with Gasteiger partial charge in [0.1, 0.15) is 5.15 Å². The number of carbonyl (C=O) groups excluding carboxylic acids is 1. The van der Waals surface area contributed by atoms with Crippen LogP contribution in [0.5, 0.6) is 0 Å². The predicted molar refractivity (Wildman–Crippen MR) is 85.9 cm³/mol. The molecular weight excluding hydrogens is 304 g/mol. The lowest BCUT2D eigenvalue weighted by atomic mass is 10.2. The van der Waals surface area contributed by atoms with Crippen LogP contribution in [0.15, 0.2) is 0 Å². The van der Waals surface area contributed by atoms with Gasteiger partial charge in [0.2, 0.25) is 5.91 Å². The zero-order valence-electron chi connectivity index (χ0n) is 13.7. The van der Waals surface area contributed by atoms with Gasteiger partial charge in [0.15, 0.2) is 0 Å². The summed E-state index contributed by atoms with van der Waals surface area (Å²) in [4.78, 5) is 14.1. The number of rotatable bonds is 5. The van der Waals surface area contributed by atoms with Crippen LogP contribution in [0.3, 0.4) is 0 Å². The molecule has 2 heterocycles. The molecule has 1 fully saturated rings. The van der Waals surface area contributed by atoms with Gasteiger partial charge in [-0.05, 0) is 20.8 Å². The highest BCUT2D eigenvalue weighted by molar-refractivity contribution is 6.30. The summed E-state index contributed by atoms with van der Waals surface area (Å²) in [6.07, 6.45) is 0.700. The monoisotopic (exact) mass is 328 g/mol. The predicted octanol–water partition coefficient (Wildman–Crippen LogP) is 1.50. The lowest BCUT2D eigenvalue weighted by molar-refractivity contribution is -0.143. The quantitative estimate of drug-likeness (QED) is 0.832. The smallest absolute Gasteiger partial charge is 0.224 e. The SMILES string of the molecule is Cc1nn(C)c(Cl)c1CNCCC(=O)N1C[C@H](C)O[C@@H](C)C1. The number of hydrogen-bond donors (Lipinski definition) is 1. The van der Waals surface area contributed by atoms with Gasteiger partial charge in [0.05, 0.1) is 17.9 Å². The average Bonchev–Trinajstić information content (AvgIpc) is 2.68. The van der Waals surface area contributed by atoms with Crippen molar-refractivity contribution >= 4 is 17.5 Å². The molecule has 0 spiro atoms. The minimum atomic E-state index is 0.109.